The number of benzene rings is 2. The van der Waals surface area contributed by atoms with Gasteiger partial charge in [0.2, 0.25) is 0 Å². The van der Waals surface area contributed by atoms with Gasteiger partial charge in [-0.3, -0.25) is 0 Å². The van der Waals surface area contributed by atoms with E-state index in [-0.39, 0.29) is 5.91 Å². The largest absolute Gasteiger partial charge is 0.457 e. The SMILES string of the molecule is NC1=Nc2ccc(Oc3ccccc3)cc2CN1CCC(=O)[NH+]=C1C2CC3CC(C2)CC1C3. The van der Waals surface area contributed by atoms with Crippen molar-refractivity contribution in [2.45, 2.75) is 45.1 Å². The zero-order chi connectivity index (χ0) is 22.4. The molecular weight excluding hydrogens is 412 g/mol. The topological polar surface area (TPSA) is 81.9 Å². The number of para-hydroxylation sites is 1. The van der Waals surface area contributed by atoms with E-state index in [0.717, 1.165) is 34.6 Å². The third kappa shape index (κ3) is 4.14. The molecule has 2 aromatic carbocycles. The molecule has 0 radical (unpaired) electrons. The van der Waals surface area contributed by atoms with Gasteiger partial charge in [-0.05, 0) is 74.3 Å². The fourth-order valence-electron chi connectivity index (χ4n) is 6.52. The van der Waals surface area contributed by atoms with Crippen LogP contribution in [0.5, 0.6) is 11.5 Å². The number of amides is 1. The van der Waals surface area contributed by atoms with Gasteiger partial charge in [0.05, 0.1) is 12.1 Å². The third-order valence-electron chi connectivity index (χ3n) is 7.86. The van der Waals surface area contributed by atoms with E-state index in [1.165, 1.54) is 37.8 Å². The van der Waals surface area contributed by atoms with Crippen molar-refractivity contribution in [3.05, 3.63) is 54.1 Å². The summed E-state index contributed by atoms with van der Waals surface area (Å²) in [7, 11) is 0. The number of aliphatic imine (C=N–C) groups is 1. The lowest BCUT2D eigenvalue weighted by molar-refractivity contribution is -0.386. The van der Waals surface area contributed by atoms with Gasteiger partial charge in [-0.1, -0.05) is 18.2 Å². The van der Waals surface area contributed by atoms with Crippen molar-refractivity contribution in [1.82, 2.24) is 4.90 Å². The maximum absolute atomic E-state index is 12.8. The normalized spacial score (nSPS) is 27.2. The van der Waals surface area contributed by atoms with Gasteiger partial charge >= 0.3 is 5.91 Å². The number of nitrogens with two attached hydrogens (primary N) is 1. The summed E-state index contributed by atoms with van der Waals surface area (Å²) in [6.45, 7) is 1.17. The van der Waals surface area contributed by atoms with Gasteiger partial charge < -0.3 is 15.4 Å². The number of hydrogen-bond donors (Lipinski definition) is 2. The van der Waals surface area contributed by atoms with Gasteiger partial charge in [0.1, 0.15) is 11.5 Å². The zero-order valence-electron chi connectivity index (χ0n) is 18.9. The minimum atomic E-state index is 0.109. The molecule has 6 heteroatoms. The number of guanidine groups is 1. The van der Waals surface area contributed by atoms with E-state index in [9.17, 15) is 4.79 Å². The quantitative estimate of drug-likeness (QED) is 0.744. The molecule has 0 aromatic heterocycles. The molecule has 0 atom stereocenters. The Bertz CT molecular complexity index is 1090. The molecule has 0 saturated heterocycles. The molecule has 2 aromatic rings. The van der Waals surface area contributed by atoms with Gasteiger partial charge in [-0.2, -0.15) is 4.99 Å². The summed E-state index contributed by atoms with van der Waals surface area (Å²) in [5, 5.41) is 0. The van der Waals surface area contributed by atoms with Crippen LogP contribution in [-0.4, -0.2) is 29.0 Å². The first-order chi connectivity index (χ1) is 16.1. The molecule has 3 N–H and O–H groups in total. The van der Waals surface area contributed by atoms with Crippen LogP contribution in [0.25, 0.3) is 0 Å². The molecule has 6 nitrogen and oxygen atoms in total. The van der Waals surface area contributed by atoms with E-state index in [2.05, 4.69) is 9.98 Å². The number of hydrogen-bond acceptors (Lipinski definition) is 5. The van der Waals surface area contributed by atoms with Gasteiger partial charge in [0.25, 0.3) is 0 Å². The predicted molar refractivity (Wildman–Crippen MR) is 127 cm³/mol. The standard InChI is InChI=1S/C27H30N4O2/c28-27-29-24-7-6-23(33-22-4-2-1-3-5-22)15-21(24)16-31(27)9-8-25(32)30-26-19-11-17-10-18(13-19)14-20(26)12-17/h1-7,15,17-20H,8-14,16H2,(H2,28,29)/p+1. The molecule has 5 aliphatic rings. The summed E-state index contributed by atoms with van der Waals surface area (Å²) in [4.78, 5) is 22.7. The first-order valence-corrected chi connectivity index (χ1v) is 12.2. The first kappa shape index (κ1) is 20.5. The molecule has 1 amide bonds. The van der Waals surface area contributed by atoms with Gasteiger partial charge in [-0.25, -0.2) is 9.79 Å². The van der Waals surface area contributed by atoms with Crippen LogP contribution in [0.1, 0.15) is 44.1 Å². The van der Waals surface area contributed by atoms with Crippen LogP contribution < -0.4 is 15.5 Å². The highest BCUT2D eigenvalue weighted by atomic mass is 16.5. The van der Waals surface area contributed by atoms with E-state index < -0.39 is 0 Å². The van der Waals surface area contributed by atoms with E-state index >= 15 is 0 Å². The Kier molecular flexibility index (Phi) is 5.16. The van der Waals surface area contributed by atoms with Crippen LogP contribution in [0.4, 0.5) is 5.69 Å². The number of nitrogens with zero attached hydrogens (tertiary/aromatic N) is 2. The lowest BCUT2D eigenvalue weighted by Gasteiger charge is -2.47. The molecule has 4 aliphatic carbocycles. The first-order valence-electron chi connectivity index (χ1n) is 12.2. The fraction of sp³-hybridized carbons (Fsp3) is 0.444. The maximum atomic E-state index is 12.8. The Morgan fingerprint density at radius 2 is 1.73 bits per heavy atom. The van der Waals surface area contributed by atoms with Crippen molar-refractivity contribution in [3.63, 3.8) is 0 Å². The maximum Gasteiger partial charge on any atom is 0.386 e. The lowest BCUT2D eigenvalue weighted by atomic mass is 9.55. The number of carbonyl (C=O) groups is 1. The number of fused-ring (bicyclic) bond motifs is 1. The summed E-state index contributed by atoms with van der Waals surface area (Å²) in [6, 6.07) is 15.6. The molecule has 1 heterocycles. The van der Waals surface area contributed by atoms with Crippen molar-refractivity contribution in [2.75, 3.05) is 6.54 Å². The molecule has 4 fully saturated rings. The molecular formula is C27H31N4O2+. The predicted octanol–water partition coefficient (Wildman–Crippen LogP) is 3.14. The molecule has 33 heavy (non-hydrogen) atoms. The minimum Gasteiger partial charge on any atom is -0.457 e. The smallest absolute Gasteiger partial charge is 0.386 e. The van der Waals surface area contributed by atoms with Crippen molar-refractivity contribution in [3.8, 4) is 11.5 Å². The minimum absolute atomic E-state index is 0.109. The molecule has 170 valence electrons. The van der Waals surface area contributed by atoms with Crippen LogP contribution >= 0.6 is 0 Å². The Morgan fingerprint density at radius 1 is 1.00 bits per heavy atom. The summed E-state index contributed by atoms with van der Waals surface area (Å²) in [6.07, 6.45) is 6.94. The summed E-state index contributed by atoms with van der Waals surface area (Å²) < 4.78 is 5.97. The van der Waals surface area contributed by atoms with Crippen LogP contribution in [-0.2, 0) is 11.3 Å². The highest BCUT2D eigenvalue weighted by Gasteiger charge is 2.49. The number of nitrogens with one attached hydrogen (secondary N) is 1. The van der Waals surface area contributed by atoms with Crippen molar-refractivity contribution in [1.29, 1.82) is 0 Å². The fourth-order valence-corrected chi connectivity index (χ4v) is 6.52. The Labute approximate surface area is 194 Å². The molecule has 0 spiro atoms. The van der Waals surface area contributed by atoms with Gasteiger partial charge in [0.15, 0.2) is 11.7 Å². The average Bonchev–Trinajstić information content (AvgIpc) is 2.80. The average molecular weight is 444 g/mol. The second-order valence-electron chi connectivity index (χ2n) is 10.2. The monoisotopic (exact) mass is 443 g/mol. The van der Waals surface area contributed by atoms with E-state index in [1.807, 2.05) is 53.4 Å². The van der Waals surface area contributed by atoms with Gasteiger partial charge in [0, 0.05) is 30.5 Å². The zero-order valence-corrected chi connectivity index (χ0v) is 18.9. The summed E-state index contributed by atoms with van der Waals surface area (Å²) >= 11 is 0. The Hall–Kier alpha value is -3.15. The van der Waals surface area contributed by atoms with Crippen LogP contribution in [0.2, 0.25) is 0 Å². The summed E-state index contributed by atoms with van der Waals surface area (Å²) in [5.74, 6) is 5.16. The lowest BCUT2D eigenvalue weighted by Crippen LogP contribution is -2.81. The van der Waals surface area contributed by atoms with E-state index in [1.54, 1.807) is 0 Å². The van der Waals surface area contributed by atoms with Crippen LogP contribution in [0.3, 0.4) is 0 Å². The molecule has 4 bridgehead atoms. The molecule has 7 rings (SSSR count). The van der Waals surface area contributed by atoms with Crippen molar-refractivity contribution >= 4 is 23.3 Å². The van der Waals surface area contributed by atoms with E-state index in [0.29, 0.717) is 37.3 Å². The molecule has 4 saturated carbocycles. The third-order valence-corrected chi connectivity index (χ3v) is 7.86. The number of ether oxygens (including phenoxy) is 1. The molecule has 1 aliphatic heterocycles. The molecule has 0 unspecified atom stereocenters. The number of rotatable bonds is 5. The van der Waals surface area contributed by atoms with Crippen LogP contribution in [0, 0.1) is 23.7 Å². The van der Waals surface area contributed by atoms with Crippen molar-refractivity contribution in [2.24, 2.45) is 34.4 Å². The highest BCUT2D eigenvalue weighted by Crippen LogP contribution is 2.51. The van der Waals surface area contributed by atoms with E-state index in [4.69, 9.17) is 10.5 Å². The Balaban J connectivity index is 1.10. The second-order valence-corrected chi connectivity index (χ2v) is 10.2. The number of carbonyl (C=O) groups excluding carboxylic acids is 1. The van der Waals surface area contributed by atoms with Crippen molar-refractivity contribution < 1.29 is 14.5 Å². The van der Waals surface area contributed by atoms with Gasteiger partial charge in [-0.15, -0.1) is 0 Å². The van der Waals surface area contributed by atoms with Crippen LogP contribution in [0.15, 0.2) is 53.5 Å². The summed E-state index contributed by atoms with van der Waals surface area (Å²) in [5.41, 5.74) is 9.47. The second kappa shape index (κ2) is 8.32. The highest BCUT2D eigenvalue weighted by molar-refractivity contribution is 5.89. The Morgan fingerprint density at radius 3 is 2.45 bits per heavy atom.